The van der Waals surface area contributed by atoms with Crippen molar-refractivity contribution in [3.8, 4) is 0 Å². The summed E-state index contributed by atoms with van der Waals surface area (Å²) in [6.45, 7) is 1.55. The van der Waals surface area contributed by atoms with E-state index in [1.54, 1.807) is 11.0 Å². The van der Waals surface area contributed by atoms with E-state index in [4.69, 9.17) is 9.47 Å². The highest BCUT2D eigenvalue weighted by Gasteiger charge is 2.38. The average Bonchev–Trinajstić information content (AvgIpc) is 3.22. The minimum atomic E-state index is -1.22. The molecular formula is C18H21F2N3O3. The molecule has 3 heterocycles. The Hall–Kier alpha value is -2.06. The molecule has 1 amide bonds. The summed E-state index contributed by atoms with van der Waals surface area (Å²) in [5.41, 5.74) is 1.20. The lowest BCUT2D eigenvalue weighted by molar-refractivity contribution is -0.138. The third-order valence-electron chi connectivity index (χ3n) is 5.01. The van der Waals surface area contributed by atoms with E-state index >= 15 is 0 Å². The first-order chi connectivity index (χ1) is 12.6. The summed E-state index contributed by atoms with van der Waals surface area (Å²) in [5, 5.41) is 0. The normalized spacial score (nSPS) is 24.5. The van der Waals surface area contributed by atoms with E-state index in [0.29, 0.717) is 42.9 Å². The molecule has 26 heavy (non-hydrogen) atoms. The molecule has 2 aliphatic rings. The molecule has 8 heteroatoms. The van der Waals surface area contributed by atoms with Crippen LogP contribution in [0.1, 0.15) is 18.7 Å². The van der Waals surface area contributed by atoms with Gasteiger partial charge in [-0.2, -0.15) is 0 Å². The van der Waals surface area contributed by atoms with Crippen molar-refractivity contribution >= 4 is 16.9 Å². The van der Waals surface area contributed by atoms with Gasteiger partial charge in [0, 0.05) is 25.7 Å². The molecule has 0 unspecified atom stereocenters. The standard InChI is InChI=1S/C18H21F2N3O3/c19-12-1-2-14-15(7-12)22-17(21-14)10-26-16-9-23(8-13(16)20)18(24)11-3-5-25-6-4-11/h1-2,7,11,13,16H,3-6,8-10H2,(H,21,22)/t13-,16+/m1/s1. The fourth-order valence-corrected chi connectivity index (χ4v) is 3.56. The second kappa shape index (κ2) is 7.28. The van der Waals surface area contributed by atoms with Crippen molar-refractivity contribution in [3.63, 3.8) is 0 Å². The molecule has 4 rings (SSSR count). The summed E-state index contributed by atoms with van der Waals surface area (Å²) >= 11 is 0. The first kappa shape index (κ1) is 17.4. The SMILES string of the molecule is O=C(C1CCOCC1)N1C[C@@H](F)[C@@H](OCc2nc3ccc(F)cc3[nH]2)C1. The molecule has 0 spiro atoms. The Bertz CT molecular complexity index is 791. The lowest BCUT2D eigenvalue weighted by atomic mass is 9.99. The second-order valence-electron chi connectivity index (χ2n) is 6.84. The topological polar surface area (TPSA) is 67.4 Å². The number of carbonyl (C=O) groups excluding carboxylic acids is 1. The number of hydrogen-bond acceptors (Lipinski definition) is 4. The van der Waals surface area contributed by atoms with Gasteiger partial charge in [-0.25, -0.2) is 13.8 Å². The van der Waals surface area contributed by atoms with Gasteiger partial charge in [-0.1, -0.05) is 0 Å². The number of nitrogens with one attached hydrogen (secondary N) is 1. The van der Waals surface area contributed by atoms with Crippen molar-refractivity contribution in [1.29, 1.82) is 0 Å². The van der Waals surface area contributed by atoms with Crippen molar-refractivity contribution < 1.29 is 23.0 Å². The summed E-state index contributed by atoms with van der Waals surface area (Å²) in [5.74, 6) is 0.0590. The Morgan fingerprint density at radius 2 is 2.15 bits per heavy atom. The fourth-order valence-electron chi connectivity index (χ4n) is 3.56. The first-order valence-corrected chi connectivity index (χ1v) is 8.86. The van der Waals surface area contributed by atoms with Crippen molar-refractivity contribution in [2.24, 2.45) is 5.92 Å². The predicted octanol–water partition coefficient (Wildman–Crippen LogP) is 2.19. The van der Waals surface area contributed by atoms with Crippen molar-refractivity contribution in [1.82, 2.24) is 14.9 Å². The first-order valence-electron chi connectivity index (χ1n) is 8.86. The lowest BCUT2D eigenvalue weighted by Gasteiger charge is -2.26. The predicted molar refractivity (Wildman–Crippen MR) is 89.6 cm³/mol. The molecule has 2 aliphatic heterocycles. The molecular weight excluding hydrogens is 344 g/mol. The minimum absolute atomic E-state index is 0.0127. The lowest BCUT2D eigenvalue weighted by Crippen LogP contribution is -2.37. The highest BCUT2D eigenvalue weighted by Crippen LogP contribution is 2.24. The van der Waals surface area contributed by atoms with Gasteiger partial charge >= 0.3 is 0 Å². The summed E-state index contributed by atoms with van der Waals surface area (Å²) in [6.07, 6.45) is -0.523. The summed E-state index contributed by atoms with van der Waals surface area (Å²) in [7, 11) is 0. The van der Waals surface area contributed by atoms with Gasteiger partial charge in [0.2, 0.25) is 5.91 Å². The number of imidazole rings is 1. The summed E-state index contributed by atoms with van der Waals surface area (Å²) in [4.78, 5) is 21.3. The average molecular weight is 365 g/mol. The third kappa shape index (κ3) is 3.57. The molecule has 2 aromatic rings. The maximum atomic E-state index is 14.3. The van der Waals surface area contributed by atoms with Gasteiger partial charge in [0.1, 0.15) is 30.5 Å². The number of H-pyrrole nitrogens is 1. The Kier molecular flexibility index (Phi) is 4.86. The van der Waals surface area contributed by atoms with E-state index in [2.05, 4.69) is 9.97 Å². The van der Waals surface area contributed by atoms with Crippen LogP contribution in [0.25, 0.3) is 11.0 Å². The highest BCUT2D eigenvalue weighted by molar-refractivity contribution is 5.79. The number of amides is 1. The van der Waals surface area contributed by atoms with E-state index in [1.165, 1.54) is 12.1 Å². The number of aromatic amines is 1. The quantitative estimate of drug-likeness (QED) is 0.902. The maximum absolute atomic E-state index is 14.3. The van der Waals surface area contributed by atoms with Gasteiger partial charge in [0.25, 0.3) is 0 Å². The molecule has 0 saturated carbocycles. The van der Waals surface area contributed by atoms with Crippen LogP contribution in [0.2, 0.25) is 0 Å². The fraction of sp³-hybridized carbons (Fsp3) is 0.556. The van der Waals surface area contributed by atoms with E-state index < -0.39 is 12.3 Å². The number of halogens is 2. The third-order valence-corrected chi connectivity index (χ3v) is 5.01. The Morgan fingerprint density at radius 3 is 2.96 bits per heavy atom. The van der Waals surface area contributed by atoms with Crippen LogP contribution < -0.4 is 0 Å². The van der Waals surface area contributed by atoms with E-state index in [0.717, 1.165) is 0 Å². The van der Waals surface area contributed by atoms with Crippen molar-refractivity contribution in [3.05, 3.63) is 29.8 Å². The second-order valence-corrected chi connectivity index (χ2v) is 6.84. The van der Waals surface area contributed by atoms with Gasteiger partial charge in [0.15, 0.2) is 0 Å². The monoisotopic (exact) mass is 365 g/mol. The number of aromatic nitrogens is 2. The number of ether oxygens (including phenoxy) is 2. The number of nitrogens with zero attached hydrogens (tertiary/aromatic N) is 2. The number of carbonyl (C=O) groups is 1. The van der Waals surface area contributed by atoms with Crippen LogP contribution in [0.3, 0.4) is 0 Å². The number of benzene rings is 1. The van der Waals surface area contributed by atoms with E-state index in [1.807, 2.05) is 0 Å². The molecule has 2 atom stereocenters. The molecule has 1 N–H and O–H groups in total. The molecule has 2 saturated heterocycles. The van der Waals surface area contributed by atoms with E-state index in [9.17, 15) is 13.6 Å². The zero-order valence-electron chi connectivity index (χ0n) is 14.3. The van der Waals surface area contributed by atoms with Crippen molar-refractivity contribution in [2.45, 2.75) is 31.7 Å². The maximum Gasteiger partial charge on any atom is 0.226 e. The van der Waals surface area contributed by atoms with Gasteiger partial charge < -0.3 is 19.4 Å². The van der Waals surface area contributed by atoms with Crippen LogP contribution in [0.5, 0.6) is 0 Å². The Morgan fingerprint density at radius 1 is 1.35 bits per heavy atom. The van der Waals surface area contributed by atoms with Crippen LogP contribution in [-0.4, -0.2) is 59.4 Å². The van der Waals surface area contributed by atoms with Crippen LogP contribution in [0.4, 0.5) is 8.78 Å². The number of alkyl halides is 1. The molecule has 1 aromatic carbocycles. The van der Waals surface area contributed by atoms with Crippen LogP contribution >= 0.6 is 0 Å². The van der Waals surface area contributed by atoms with Crippen LogP contribution in [0, 0.1) is 11.7 Å². The molecule has 6 nitrogen and oxygen atoms in total. The number of rotatable bonds is 4. The number of fused-ring (bicyclic) bond motifs is 1. The van der Waals surface area contributed by atoms with Crippen LogP contribution in [0.15, 0.2) is 18.2 Å². The molecule has 1 aromatic heterocycles. The molecule has 0 bridgehead atoms. The molecule has 2 fully saturated rings. The van der Waals surface area contributed by atoms with Gasteiger partial charge in [0.05, 0.1) is 17.6 Å². The molecule has 140 valence electrons. The molecule has 0 radical (unpaired) electrons. The largest absolute Gasteiger partial charge is 0.381 e. The number of hydrogen-bond donors (Lipinski definition) is 1. The van der Waals surface area contributed by atoms with Crippen molar-refractivity contribution in [2.75, 3.05) is 26.3 Å². The Labute approximate surface area is 149 Å². The van der Waals surface area contributed by atoms with Crippen LogP contribution in [-0.2, 0) is 20.9 Å². The zero-order chi connectivity index (χ0) is 18.1. The number of likely N-dealkylation sites (tertiary alicyclic amines) is 1. The smallest absolute Gasteiger partial charge is 0.226 e. The Balaban J connectivity index is 1.35. The van der Waals surface area contributed by atoms with Gasteiger partial charge in [-0.15, -0.1) is 0 Å². The molecule has 0 aliphatic carbocycles. The van der Waals surface area contributed by atoms with Gasteiger partial charge in [-0.3, -0.25) is 4.79 Å². The minimum Gasteiger partial charge on any atom is -0.381 e. The summed E-state index contributed by atoms with van der Waals surface area (Å²) in [6, 6.07) is 4.27. The highest BCUT2D eigenvalue weighted by atomic mass is 19.1. The summed E-state index contributed by atoms with van der Waals surface area (Å²) < 4.78 is 38.4. The van der Waals surface area contributed by atoms with E-state index in [-0.39, 0.29) is 37.3 Å². The zero-order valence-corrected chi connectivity index (χ0v) is 14.3. The van der Waals surface area contributed by atoms with Gasteiger partial charge in [-0.05, 0) is 31.0 Å².